The molecule has 0 aromatic heterocycles. The van der Waals surface area contributed by atoms with Crippen LogP contribution in [0.3, 0.4) is 0 Å². The summed E-state index contributed by atoms with van der Waals surface area (Å²) in [5, 5.41) is 10.7. The highest BCUT2D eigenvalue weighted by molar-refractivity contribution is 7.78. The third-order valence-corrected chi connectivity index (χ3v) is 11.4. The Balaban J connectivity index is 3.33. The number of hydrogen-bond donors (Lipinski definition) is 0. The standard InChI is InChI=1S/C24H43N2O2P/c1-5-8-16-29(17-9-6-2,18-10-7-3)23(19-25)24(28)21(4)26(20-27)22-14-12-11-13-15-22/h20-22H,5-18H2,1-4H3. The fourth-order valence-corrected chi connectivity index (χ4v) is 9.63. The van der Waals surface area contributed by atoms with Crippen molar-refractivity contribution >= 4 is 24.4 Å². The maximum Gasteiger partial charge on any atom is 0.210 e. The fraction of sp³-hybridized carbons (Fsp3) is 0.833. The van der Waals surface area contributed by atoms with Crippen molar-refractivity contribution in [1.82, 2.24) is 4.90 Å². The van der Waals surface area contributed by atoms with Crippen molar-refractivity contribution < 1.29 is 9.59 Å². The van der Waals surface area contributed by atoms with Gasteiger partial charge in [0.2, 0.25) is 6.41 Å². The van der Waals surface area contributed by atoms with Crippen LogP contribution in [0, 0.1) is 11.3 Å². The van der Waals surface area contributed by atoms with E-state index in [2.05, 4.69) is 26.8 Å². The second kappa shape index (κ2) is 14.0. The van der Waals surface area contributed by atoms with Gasteiger partial charge in [-0.1, -0.05) is 66.2 Å². The van der Waals surface area contributed by atoms with E-state index in [9.17, 15) is 14.9 Å². The van der Waals surface area contributed by atoms with Crippen LogP contribution in [0.4, 0.5) is 0 Å². The van der Waals surface area contributed by atoms with Gasteiger partial charge in [0.25, 0.3) is 0 Å². The number of Topliss-reactive ketones (excluding diaryl/α,β-unsaturated/α-hetero) is 1. The Kier molecular flexibility index (Phi) is 12.6. The van der Waals surface area contributed by atoms with Crippen LogP contribution >= 0.6 is 6.89 Å². The monoisotopic (exact) mass is 422 g/mol. The molecule has 0 aromatic rings. The first-order valence-corrected chi connectivity index (χ1v) is 14.3. The molecule has 1 saturated carbocycles. The molecule has 4 nitrogen and oxygen atoms in total. The number of carbonyl (C=O) groups is 2. The number of nitriles is 1. The van der Waals surface area contributed by atoms with Gasteiger partial charge in [0, 0.05) is 6.04 Å². The summed E-state index contributed by atoms with van der Waals surface area (Å²) in [5.74, 6) is -0.0678. The number of amides is 1. The van der Waals surface area contributed by atoms with Crippen molar-refractivity contribution in [1.29, 1.82) is 5.26 Å². The lowest BCUT2D eigenvalue weighted by atomic mass is 9.93. The lowest BCUT2D eigenvalue weighted by Gasteiger charge is -2.36. The molecule has 1 unspecified atom stereocenters. The third kappa shape index (κ3) is 7.29. The summed E-state index contributed by atoms with van der Waals surface area (Å²) in [4.78, 5) is 27.3. The molecule has 0 bridgehead atoms. The zero-order chi connectivity index (χ0) is 21.7. The van der Waals surface area contributed by atoms with Crippen LogP contribution in [-0.4, -0.2) is 53.0 Å². The van der Waals surface area contributed by atoms with Gasteiger partial charge in [0.05, 0.1) is 11.3 Å². The number of nitrogens with zero attached hydrogens (tertiary/aromatic N) is 2. The van der Waals surface area contributed by atoms with E-state index in [4.69, 9.17) is 0 Å². The molecular formula is C24H43N2O2P. The summed E-state index contributed by atoms with van der Waals surface area (Å²) < 4.78 is 0. The van der Waals surface area contributed by atoms with Gasteiger partial charge in [-0.05, 0) is 57.5 Å². The Bertz CT molecular complexity index is 574. The van der Waals surface area contributed by atoms with Crippen LogP contribution in [0.15, 0.2) is 0 Å². The molecule has 5 heteroatoms. The molecule has 0 spiro atoms. The summed E-state index contributed by atoms with van der Waals surface area (Å²) >= 11 is 0. The number of carbonyl (C=O) groups excluding carboxylic acids is 2. The normalized spacial score (nSPS) is 16.1. The first-order chi connectivity index (χ1) is 14.0. The van der Waals surface area contributed by atoms with Gasteiger partial charge in [-0.25, -0.2) is 0 Å². The number of rotatable bonds is 14. The van der Waals surface area contributed by atoms with Gasteiger partial charge in [0.15, 0.2) is 5.78 Å². The highest BCUT2D eigenvalue weighted by Gasteiger charge is 2.34. The van der Waals surface area contributed by atoms with Crippen molar-refractivity contribution in [3.05, 3.63) is 0 Å². The highest BCUT2D eigenvalue weighted by Crippen LogP contribution is 2.52. The lowest BCUT2D eigenvalue weighted by Crippen LogP contribution is -2.48. The molecule has 1 amide bonds. The lowest BCUT2D eigenvalue weighted by molar-refractivity contribution is -0.130. The van der Waals surface area contributed by atoms with Crippen LogP contribution in [0.25, 0.3) is 0 Å². The van der Waals surface area contributed by atoms with Crippen molar-refractivity contribution in [2.24, 2.45) is 0 Å². The van der Waals surface area contributed by atoms with E-state index in [1.165, 1.54) is 6.42 Å². The number of ketones is 1. The first-order valence-electron chi connectivity index (χ1n) is 11.9. The topological polar surface area (TPSA) is 61.2 Å². The van der Waals surface area contributed by atoms with Gasteiger partial charge >= 0.3 is 0 Å². The molecule has 0 aromatic carbocycles. The van der Waals surface area contributed by atoms with Gasteiger partial charge in [-0.2, -0.15) is 5.26 Å². The zero-order valence-electron chi connectivity index (χ0n) is 19.3. The summed E-state index contributed by atoms with van der Waals surface area (Å²) in [5.41, 5.74) is 0. The van der Waals surface area contributed by atoms with Crippen molar-refractivity contribution in [3.63, 3.8) is 0 Å². The molecule has 1 aliphatic carbocycles. The average molecular weight is 423 g/mol. The van der Waals surface area contributed by atoms with E-state index >= 15 is 0 Å². The molecule has 166 valence electrons. The van der Waals surface area contributed by atoms with Gasteiger partial charge < -0.3 is 4.90 Å². The van der Waals surface area contributed by atoms with E-state index in [0.717, 1.165) is 89.1 Å². The predicted octanol–water partition coefficient (Wildman–Crippen LogP) is 5.85. The van der Waals surface area contributed by atoms with Gasteiger partial charge in [-0.3, -0.25) is 9.59 Å². The van der Waals surface area contributed by atoms with E-state index < -0.39 is 12.9 Å². The average Bonchev–Trinajstić information content (AvgIpc) is 2.75. The molecule has 0 saturated heterocycles. The fourth-order valence-electron chi connectivity index (χ4n) is 4.65. The second-order valence-corrected chi connectivity index (χ2v) is 12.8. The summed E-state index contributed by atoms with van der Waals surface area (Å²) in [7, 11) is 0. The Morgan fingerprint density at radius 3 is 1.90 bits per heavy atom. The summed E-state index contributed by atoms with van der Waals surface area (Å²) in [6.45, 7) is 6.60. The predicted molar refractivity (Wildman–Crippen MR) is 126 cm³/mol. The van der Waals surface area contributed by atoms with Crippen LogP contribution in [0.5, 0.6) is 0 Å². The Labute approximate surface area is 179 Å². The molecule has 0 N–H and O–H groups in total. The van der Waals surface area contributed by atoms with Crippen molar-refractivity contribution in [3.8, 4) is 6.07 Å². The second-order valence-electron chi connectivity index (χ2n) is 8.72. The largest absolute Gasteiger partial charge is 0.332 e. The third-order valence-electron chi connectivity index (χ3n) is 6.58. The highest BCUT2D eigenvalue weighted by atomic mass is 31.2. The zero-order valence-corrected chi connectivity index (χ0v) is 20.2. The molecule has 0 heterocycles. The van der Waals surface area contributed by atoms with Crippen LogP contribution in [0.1, 0.15) is 98.3 Å². The van der Waals surface area contributed by atoms with Crippen molar-refractivity contribution in [2.75, 3.05) is 18.5 Å². The smallest absolute Gasteiger partial charge is 0.210 e. The summed E-state index contributed by atoms with van der Waals surface area (Å²) in [6, 6.07) is 2.04. The van der Waals surface area contributed by atoms with Gasteiger partial charge in [0.1, 0.15) is 6.07 Å². The number of unbranched alkanes of at least 4 members (excludes halogenated alkanes) is 3. The minimum atomic E-state index is -1.79. The maximum absolute atomic E-state index is 13.6. The molecule has 1 rings (SSSR count). The minimum Gasteiger partial charge on any atom is -0.332 e. The number of hydrogen-bond acceptors (Lipinski definition) is 3. The molecule has 1 fully saturated rings. The van der Waals surface area contributed by atoms with E-state index in [0.29, 0.717) is 5.29 Å². The maximum atomic E-state index is 13.6. The quantitative estimate of drug-likeness (QED) is 0.261. The first kappa shape index (κ1) is 26.0. The molecule has 1 aliphatic rings. The Morgan fingerprint density at radius 1 is 1.03 bits per heavy atom. The van der Waals surface area contributed by atoms with E-state index in [-0.39, 0.29) is 11.8 Å². The summed E-state index contributed by atoms with van der Waals surface area (Å²) in [6.07, 6.45) is 15.8. The van der Waals surface area contributed by atoms with Crippen molar-refractivity contribution in [2.45, 2.75) is 110 Å². The Morgan fingerprint density at radius 2 is 1.52 bits per heavy atom. The molecule has 0 aliphatic heterocycles. The van der Waals surface area contributed by atoms with E-state index in [1.807, 2.05) is 6.92 Å². The van der Waals surface area contributed by atoms with Crippen LogP contribution < -0.4 is 0 Å². The Hall–Kier alpha value is -1.07. The SMILES string of the molecule is CCCCP(CCCC)(CCCC)=C(C#N)C(=O)C(C)N(C=O)C1CCCCC1. The van der Waals surface area contributed by atoms with Gasteiger partial charge in [-0.15, -0.1) is 0 Å². The van der Waals surface area contributed by atoms with E-state index in [1.54, 1.807) is 4.90 Å². The minimum absolute atomic E-state index is 0.0678. The molecule has 1 atom stereocenters. The van der Waals surface area contributed by atoms with Crippen LogP contribution in [-0.2, 0) is 9.59 Å². The molecular weight excluding hydrogens is 379 g/mol. The van der Waals surface area contributed by atoms with Crippen LogP contribution in [0.2, 0.25) is 0 Å². The molecule has 29 heavy (non-hydrogen) atoms. The molecule has 0 radical (unpaired) electrons.